The van der Waals surface area contributed by atoms with Crippen LogP contribution in [-0.2, 0) is 32.7 Å². The number of hydrogen-bond donors (Lipinski definition) is 0. The van der Waals surface area contributed by atoms with E-state index in [-0.39, 0.29) is 40.1 Å². The second kappa shape index (κ2) is 6.44. The van der Waals surface area contributed by atoms with Gasteiger partial charge in [-0.2, -0.15) is 35.9 Å². The standard InChI is InChI=1S/C7H7.CH3.Y/c1-7-5-3-2-4-6-7;;/h2-5H,1H3;1H3;/q2*-1;. The van der Waals surface area contributed by atoms with E-state index in [4.69, 9.17) is 0 Å². The Kier molecular flexibility index (Phi) is 8.62. The molecule has 0 aliphatic rings. The van der Waals surface area contributed by atoms with Gasteiger partial charge in [-0.25, -0.2) is 0 Å². The van der Waals surface area contributed by atoms with Crippen LogP contribution in [0.2, 0.25) is 0 Å². The summed E-state index contributed by atoms with van der Waals surface area (Å²) >= 11 is 0. The molecule has 1 heteroatoms. The molecule has 0 N–H and O–H groups in total. The van der Waals surface area contributed by atoms with E-state index in [1.165, 1.54) is 5.56 Å². The summed E-state index contributed by atoms with van der Waals surface area (Å²) in [6.07, 6.45) is 0. The summed E-state index contributed by atoms with van der Waals surface area (Å²) in [5.41, 5.74) is 1.20. The summed E-state index contributed by atoms with van der Waals surface area (Å²) in [6.45, 7) is 2.03. The van der Waals surface area contributed by atoms with Crippen LogP contribution in [0.15, 0.2) is 24.3 Å². The fourth-order valence-corrected chi connectivity index (χ4v) is 0.483. The number of benzene rings is 1. The van der Waals surface area contributed by atoms with E-state index in [0.717, 1.165) is 0 Å². The quantitative estimate of drug-likeness (QED) is 0.557. The average Bonchev–Trinajstić information content (AvgIpc) is 1.69. The van der Waals surface area contributed by atoms with E-state index in [1.54, 1.807) is 0 Å². The van der Waals surface area contributed by atoms with Gasteiger partial charge in [0.1, 0.15) is 0 Å². The largest absolute Gasteiger partial charge is 0.358 e. The molecule has 1 radical (unpaired) electrons. The maximum atomic E-state index is 3.03. The van der Waals surface area contributed by atoms with E-state index in [2.05, 4.69) is 6.07 Å². The van der Waals surface area contributed by atoms with Crippen molar-refractivity contribution in [2.45, 2.75) is 6.92 Å². The third kappa shape index (κ3) is 4.80. The molecule has 0 saturated heterocycles. The van der Waals surface area contributed by atoms with Crippen LogP contribution in [0, 0.1) is 20.4 Å². The van der Waals surface area contributed by atoms with Crippen LogP contribution in [0.1, 0.15) is 5.56 Å². The van der Waals surface area contributed by atoms with Crippen LogP contribution < -0.4 is 0 Å². The molecule has 1 aromatic carbocycles. The monoisotopic (exact) mass is 195 g/mol. The second-order valence-electron chi connectivity index (χ2n) is 1.55. The Hall–Kier alpha value is 0.324. The third-order valence-electron chi connectivity index (χ3n) is 0.865. The van der Waals surface area contributed by atoms with E-state index in [1.807, 2.05) is 31.2 Å². The first-order valence-electron chi connectivity index (χ1n) is 2.33. The number of rotatable bonds is 0. The van der Waals surface area contributed by atoms with Gasteiger partial charge in [-0.3, -0.25) is 0 Å². The van der Waals surface area contributed by atoms with Gasteiger partial charge in [0.05, 0.1) is 0 Å². The molecular formula is C8H10Y-2. The van der Waals surface area contributed by atoms with Gasteiger partial charge < -0.3 is 7.43 Å². The van der Waals surface area contributed by atoms with Gasteiger partial charge >= 0.3 is 0 Å². The van der Waals surface area contributed by atoms with Crippen molar-refractivity contribution in [1.82, 2.24) is 0 Å². The molecule has 0 aliphatic carbocycles. The number of aryl methyl sites for hydroxylation is 1. The first kappa shape index (κ1) is 12.0. The molecule has 0 bridgehead atoms. The maximum Gasteiger partial charge on any atom is 0 e. The summed E-state index contributed by atoms with van der Waals surface area (Å²) in [5, 5.41) is 0. The predicted molar refractivity (Wildman–Crippen MR) is 36.4 cm³/mol. The molecular weight excluding hydrogens is 185 g/mol. The van der Waals surface area contributed by atoms with Crippen LogP contribution >= 0.6 is 0 Å². The van der Waals surface area contributed by atoms with Crippen LogP contribution in [0.5, 0.6) is 0 Å². The van der Waals surface area contributed by atoms with Gasteiger partial charge in [0.15, 0.2) is 0 Å². The molecule has 1 aromatic rings. The van der Waals surface area contributed by atoms with Crippen molar-refractivity contribution in [3.63, 3.8) is 0 Å². The van der Waals surface area contributed by atoms with E-state index in [9.17, 15) is 0 Å². The van der Waals surface area contributed by atoms with Gasteiger partial charge in [0.2, 0.25) is 0 Å². The van der Waals surface area contributed by atoms with E-state index < -0.39 is 0 Å². The molecule has 0 saturated carbocycles. The predicted octanol–water partition coefficient (Wildman–Crippen LogP) is 2.24. The zero-order valence-electron chi connectivity index (χ0n) is 5.89. The van der Waals surface area contributed by atoms with E-state index >= 15 is 0 Å². The fraction of sp³-hybridized carbons (Fsp3) is 0.125. The molecule has 0 atom stereocenters. The fourth-order valence-electron chi connectivity index (χ4n) is 0.483. The van der Waals surface area contributed by atoms with Crippen LogP contribution in [0.4, 0.5) is 0 Å². The van der Waals surface area contributed by atoms with Gasteiger partial charge in [0, 0.05) is 32.7 Å². The Morgan fingerprint density at radius 3 is 2.22 bits per heavy atom. The van der Waals surface area contributed by atoms with Crippen molar-refractivity contribution < 1.29 is 32.7 Å². The van der Waals surface area contributed by atoms with E-state index in [0.29, 0.717) is 0 Å². The zero-order valence-corrected chi connectivity index (χ0v) is 8.73. The van der Waals surface area contributed by atoms with Crippen molar-refractivity contribution in [2.24, 2.45) is 0 Å². The molecule has 9 heavy (non-hydrogen) atoms. The topological polar surface area (TPSA) is 0 Å². The Morgan fingerprint density at radius 2 is 2.00 bits per heavy atom. The minimum Gasteiger partial charge on any atom is -0.358 e. The van der Waals surface area contributed by atoms with Crippen LogP contribution in [0.3, 0.4) is 0 Å². The molecule has 0 amide bonds. The molecule has 1 rings (SSSR count). The van der Waals surface area contributed by atoms with Crippen molar-refractivity contribution >= 4 is 0 Å². The van der Waals surface area contributed by atoms with Gasteiger partial charge in [0.25, 0.3) is 0 Å². The Labute approximate surface area is 82.6 Å². The summed E-state index contributed by atoms with van der Waals surface area (Å²) in [6, 6.07) is 10.9. The molecule has 0 nitrogen and oxygen atoms in total. The molecule has 0 fully saturated rings. The maximum absolute atomic E-state index is 3.03. The zero-order chi connectivity index (χ0) is 5.11. The molecule has 0 aromatic heterocycles. The molecule has 0 heterocycles. The average molecular weight is 195 g/mol. The van der Waals surface area contributed by atoms with Crippen molar-refractivity contribution in [3.05, 3.63) is 43.3 Å². The van der Waals surface area contributed by atoms with Crippen LogP contribution in [-0.4, -0.2) is 0 Å². The summed E-state index contributed by atoms with van der Waals surface area (Å²) < 4.78 is 0. The molecule has 0 aliphatic heterocycles. The summed E-state index contributed by atoms with van der Waals surface area (Å²) in [4.78, 5) is 0. The summed E-state index contributed by atoms with van der Waals surface area (Å²) in [5.74, 6) is 0. The minimum atomic E-state index is 0. The second-order valence-corrected chi connectivity index (χ2v) is 1.55. The first-order chi connectivity index (χ1) is 3.39. The summed E-state index contributed by atoms with van der Waals surface area (Å²) in [7, 11) is 0. The SMILES string of the molecule is Cc1[c-]cccc1.[CH3-].[Y]. The Balaban J connectivity index is 0. The van der Waals surface area contributed by atoms with Crippen molar-refractivity contribution in [2.75, 3.05) is 0 Å². The van der Waals surface area contributed by atoms with Crippen molar-refractivity contribution in [1.29, 1.82) is 0 Å². The third-order valence-corrected chi connectivity index (χ3v) is 0.865. The van der Waals surface area contributed by atoms with Crippen molar-refractivity contribution in [3.8, 4) is 0 Å². The minimum absolute atomic E-state index is 0. The number of hydrogen-bond acceptors (Lipinski definition) is 0. The van der Waals surface area contributed by atoms with Crippen LogP contribution in [0.25, 0.3) is 0 Å². The molecule has 47 valence electrons. The Bertz CT molecular complexity index is 134. The molecule has 0 unspecified atom stereocenters. The first-order valence-corrected chi connectivity index (χ1v) is 2.33. The Morgan fingerprint density at radius 1 is 1.33 bits per heavy atom. The smallest absolute Gasteiger partial charge is 0 e. The van der Waals surface area contributed by atoms with Gasteiger partial charge in [-0.1, -0.05) is 6.92 Å². The van der Waals surface area contributed by atoms with Gasteiger partial charge in [-0.15, -0.1) is 0 Å². The molecule has 0 spiro atoms. The van der Waals surface area contributed by atoms with Gasteiger partial charge in [-0.05, 0) is 0 Å². The normalized spacial score (nSPS) is 6.78.